The largest absolute Gasteiger partial charge is 0.539 e. The zero-order valence-corrected chi connectivity index (χ0v) is 13.8. The Morgan fingerprint density at radius 3 is 2.71 bits per heavy atom. The van der Waals surface area contributed by atoms with Gasteiger partial charge < -0.3 is 14.6 Å². The standard InChI is InChI=1S/C20H20BNO2/c1-22-12-17-11-18(24-21-23)8-9-19(17)20(13-22)16-7-6-14-4-2-3-5-15(14)10-16/h2-11,20-21,23H,12-13H2,1H3. The van der Waals surface area contributed by atoms with Gasteiger partial charge in [0, 0.05) is 19.0 Å². The van der Waals surface area contributed by atoms with E-state index in [9.17, 15) is 0 Å². The van der Waals surface area contributed by atoms with Crippen LogP contribution >= 0.6 is 0 Å². The van der Waals surface area contributed by atoms with Crippen LogP contribution in [-0.4, -0.2) is 31.2 Å². The first-order valence-electron chi connectivity index (χ1n) is 8.28. The van der Waals surface area contributed by atoms with E-state index in [0.717, 1.165) is 18.8 Å². The van der Waals surface area contributed by atoms with Crippen LogP contribution in [0.3, 0.4) is 0 Å². The third kappa shape index (κ3) is 2.79. The zero-order valence-electron chi connectivity index (χ0n) is 13.8. The number of hydrogen-bond donors (Lipinski definition) is 1. The first-order chi connectivity index (χ1) is 11.7. The van der Waals surface area contributed by atoms with Crippen molar-refractivity contribution >= 4 is 18.5 Å². The van der Waals surface area contributed by atoms with Crippen molar-refractivity contribution in [1.82, 2.24) is 4.90 Å². The van der Waals surface area contributed by atoms with Crippen molar-refractivity contribution < 1.29 is 9.68 Å². The van der Waals surface area contributed by atoms with E-state index < -0.39 is 0 Å². The molecule has 4 heteroatoms. The molecule has 3 aromatic rings. The summed E-state index contributed by atoms with van der Waals surface area (Å²) >= 11 is 0. The molecule has 24 heavy (non-hydrogen) atoms. The Balaban J connectivity index is 1.77. The fourth-order valence-corrected chi connectivity index (χ4v) is 3.70. The number of nitrogens with zero attached hydrogens (tertiary/aromatic N) is 1. The van der Waals surface area contributed by atoms with E-state index in [1.165, 1.54) is 27.5 Å². The molecule has 1 heterocycles. The van der Waals surface area contributed by atoms with Gasteiger partial charge >= 0.3 is 7.69 Å². The number of rotatable bonds is 3. The predicted octanol–water partition coefficient (Wildman–Crippen LogP) is 3.05. The Morgan fingerprint density at radius 2 is 1.88 bits per heavy atom. The Morgan fingerprint density at radius 1 is 1.04 bits per heavy atom. The zero-order chi connectivity index (χ0) is 16.5. The molecule has 1 aliphatic rings. The van der Waals surface area contributed by atoms with Crippen molar-refractivity contribution in [2.75, 3.05) is 13.6 Å². The molecule has 0 bridgehead atoms. The SMILES string of the molecule is CN1Cc2cc(OBO)ccc2C(c2ccc3ccccc3c2)C1. The van der Waals surface area contributed by atoms with Gasteiger partial charge in [-0.1, -0.05) is 48.5 Å². The average Bonchev–Trinajstić information content (AvgIpc) is 2.60. The summed E-state index contributed by atoms with van der Waals surface area (Å²) in [4.78, 5) is 2.34. The van der Waals surface area contributed by atoms with E-state index in [1.54, 1.807) is 0 Å². The predicted molar refractivity (Wildman–Crippen MR) is 98.6 cm³/mol. The molecule has 120 valence electrons. The third-order valence-corrected chi connectivity index (χ3v) is 4.83. The highest BCUT2D eigenvalue weighted by Crippen LogP contribution is 2.35. The van der Waals surface area contributed by atoms with Crippen LogP contribution in [0.15, 0.2) is 60.7 Å². The normalized spacial score (nSPS) is 17.5. The molecule has 0 spiro atoms. The molecular weight excluding hydrogens is 297 g/mol. The van der Waals surface area contributed by atoms with Crippen LogP contribution in [0.5, 0.6) is 5.75 Å². The molecule has 4 rings (SSSR count). The van der Waals surface area contributed by atoms with Gasteiger partial charge in [-0.05, 0) is 46.6 Å². The molecule has 3 aromatic carbocycles. The number of benzene rings is 3. The molecular formula is C20H20BNO2. The van der Waals surface area contributed by atoms with Gasteiger partial charge in [0.1, 0.15) is 5.75 Å². The lowest BCUT2D eigenvalue weighted by molar-refractivity contribution is 0.294. The first-order valence-corrected chi connectivity index (χ1v) is 8.28. The fraction of sp³-hybridized carbons (Fsp3) is 0.200. The molecule has 1 N–H and O–H groups in total. The molecule has 0 saturated heterocycles. The summed E-state index contributed by atoms with van der Waals surface area (Å²) in [5, 5.41) is 11.5. The highest BCUT2D eigenvalue weighted by Gasteiger charge is 2.25. The van der Waals surface area contributed by atoms with Crippen molar-refractivity contribution in [2.24, 2.45) is 0 Å². The quantitative estimate of drug-likeness (QED) is 0.754. The maximum atomic E-state index is 8.97. The number of likely N-dealkylation sites (N-methyl/N-ethyl adjacent to an activating group) is 1. The summed E-state index contributed by atoms with van der Waals surface area (Å²) in [6.45, 7) is 1.91. The topological polar surface area (TPSA) is 32.7 Å². The van der Waals surface area contributed by atoms with Gasteiger partial charge in [0.25, 0.3) is 0 Å². The Hall–Kier alpha value is -2.30. The molecule has 0 radical (unpaired) electrons. The van der Waals surface area contributed by atoms with E-state index in [1.807, 2.05) is 6.07 Å². The Kier molecular flexibility index (Phi) is 4.01. The van der Waals surface area contributed by atoms with Gasteiger partial charge in [0.15, 0.2) is 0 Å². The minimum Gasteiger partial charge on any atom is -0.539 e. The molecule has 3 nitrogen and oxygen atoms in total. The second-order valence-corrected chi connectivity index (χ2v) is 6.49. The lowest BCUT2D eigenvalue weighted by Gasteiger charge is -2.33. The van der Waals surface area contributed by atoms with Gasteiger partial charge in [-0.15, -0.1) is 0 Å². The third-order valence-electron chi connectivity index (χ3n) is 4.83. The van der Waals surface area contributed by atoms with Crippen LogP contribution in [0, 0.1) is 0 Å². The summed E-state index contributed by atoms with van der Waals surface area (Å²) in [7, 11) is 1.86. The van der Waals surface area contributed by atoms with Gasteiger partial charge in [-0.25, -0.2) is 0 Å². The minimum absolute atomic E-state index is 0.289. The maximum absolute atomic E-state index is 8.97. The summed E-state index contributed by atoms with van der Waals surface area (Å²) in [6, 6.07) is 21.4. The lowest BCUT2D eigenvalue weighted by Crippen LogP contribution is -2.31. The van der Waals surface area contributed by atoms with Crippen LogP contribution in [-0.2, 0) is 6.54 Å². The second kappa shape index (κ2) is 6.31. The number of fused-ring (bicyclic) bond motifs is 2. The molecule has 0 aliphatic carbocycles. The fourth-order valence-electron chi connectivity index (χ4n) is 3.70. The lowest BCUT2D eigenvalue weighted by atomic mass is 9.84. The molecule has 0 fully saturated rings. The molecule has 0 aromatic heterocycles. The van der Waals surface area contributed by atoms with Crippen molar-refractivity contribution in [3.05, 3.63) is 77.4 Å². The first kappa shape index (κ1) is 15.2. The smallest absolute Gasteiger partial charge is 0.504 e. The van der Waals surface area contributed by atoms with Crippen molar-refractivity contribution in [2.45, 2.75) is 12.5 Å². The van der Waals surface area contributed by atoms with E-state index in [-0.39, 0.29) is 7.69 Å². The van der Waals surface area contributed by atoms with E-state index in [0.29, 0.717) is 5.92 Å². The van der Waals surface area contributed by atoms with Crippen LogP contribution in [0.2, 0.25) is 0 Å². The Labute approximate surface area is 142 Å². The summed E-state index contributed by atoms with van der Waals surface area (Å²) in [5.41, 5.74) is 3.97. The van der Waals surface area contributed by atoms with Crippen LogP contribution < -0.4 is 4.65 Å². The van der Waals surface area contributed by atoms with Crippen LogP contribution in [0.4, 0.5) is 0 Å². The minimum atomic E-state index is -0.289. The van der Waals surface area contributed by atoms with Crippen molar-refractivity contribution in [3.63, 3.8) is 0 Å². The van der Waals surface area contributed by atoms with Gasteiger partial charge in [-0.3, -0.25) is 0 Å². The summed E-state index contributed by atoms with van der Waals surface area (Å²) < 4.78 is 5.24. The molecule has 0 amide bonds. The summed E-state index contributed by atoms with van der Waals surface area (Å²) in [5.74, 6) is 1.08. The monoisotopic (exact) mass is 317 g/mol. The van der Waals surface area contributed by atoms with Gasteiger partial charge in [0.05, 0.1) is 0 Å². The van der Waals surface area contributed by atoms with Crippen LogP contribution in [0.25, 0.3) is 10.8 Å². The molecule has 0 saturated carbocycles. The van der Waals surface area contributed by atoms with E-state index >= 15 is 0 Å². The average molecular weight is 317 g/mol. The highest BCUT2D eigenvalue weighted by molar-refractivity contribution is 6.17. The molecule has 1 aliphatic heterocycles. The summed E-state index contributed by atoms with van der Waals surface area (Å²) in [6.07, 6.45) is 0. The highest BCUT2D eigenvalue weighted by atomic mass is 16.5. The maximum Gasteiger partial charge on any atom is 0.504 e. The second-order valence-electron chi connectivity index (χ2n) is 6.49. The van der Waals surface area contributed by atoms with Gasteiger partial charge in [0.2, 0.25) is 0 Å². The van der Waals surface area contributed by atoms with Gasteiger partial charge in [-0.2, -0.15) is 0 Å². The van der Waals surface area contributed by atoms with E-state index in [4.69, 9.17) is 9.68 Å². The Bertz CT molecular complexity index is 880. The molecule has 1 unspecified atom stereocenters. The van der Waals surface area contributed by atoms with Crippen molar-refractivity contribution in [1.29, 1.82) is 0 Å². The van der Waals surface area contributed by atoms with Crippen molar-refractivity contribution in [3.8, 4) is 5.75 Å². The number of hydrogen-bond acceptors (Lipinski definition) is 3. The van der Waals surface area contributed by atoms with Crippen LogP contribution in [0.1, 0.15) is 22.6 Å². The molecule has 1 atom stereocenters. The van der Waals surface area contributed by atoms with E-state index in [2.05, 4.69) is 66.5 Å².